The van der Waals surface area contributed by atoms with Gasteiger partial charge in [0.05, 0.1) is 25.2 Å². The lowest BCUT2D eigenvalue weighted by atomic mass is 9.83. The first-order valence-corrected chi connectivity index (χ1v) is 17.3. The zero-order valence-electron chi connectivity index (χ0n) is 24.3. The van der Waals surface area contributed by atoms with Crippen molar-refractivity contribution in [3.05, 3.63) is 171 Å². The minimum absolute atomic E-state index is 0.119. The fourth-order valence-electron chi connectivity index (χ4n) is 6.49. The Balaban J connectivity index is 1.19. The maximum absolute atomic E-state index is 14.1. The van der Waals surface area contributed by atoms with Crippen molar-refractivity contribution in [3.63, 3.8) is 0 Å². The highest BCUT2D eigenvalue weighted by molar-refractivity contribution is 9.11. The second-order valence-corrected chi connectivity index (χ2v) is 14.1. The van der Waals surface area contributed by atoms with Crippen LogP contribution in [0.2, 0.25) is 0 Å². The molecule has 226 valence electrons. The van der Waals surface area contributed by atoms with Crippen LogP contribution in [0, 0.1) is 5.82 Å². The van der Waals surface area contributed by atoms with Crippen LogP contribution in [0.25, 0.3) is 22.5 Å². The Bertz CT molecular complexity index is 2370. The number of halogens is 3. The predicted molar refractivity (Wildman–Crippen MR) is 189 cm³/mol. The molecule has 0 N–H and O–H groups in total. The second kappa shape index (κ2) is 11.9. The minimum atomic E-state index is -0.356. The zero-order chi connectivity index (χ0) is 31.4. The van der Waals surface area contributed by atoms with E-state index in [0.717, 1.165) is 60.7 Å². The number of aryl methyl sites for hydroxylation is 1. The van der Waals surface area contributed by atoms with E-state index in [1.54, 1.807) is 16.7 Å². The third-order valence-electron chi connectivity index (χ3n) is 8.63. The standard InChI is InChI=1S/C38H25Br2FN2O2S/c39-31-18-22(19-32(40)36(31)45-21-26-9-5-8-23-6-1-3-10-28(23)26)20-33-37(44)43-35(25-12-15-27(41)16-13-25)30-17-14-24-7-2-4-11-29(24)34(30)42-38(43)46-33/h1-13,15-16,18-20,35H,14,17,21H2/b33-20+. The van der Waals surface area contributed by atoms with Gasteiger partial charge in [0.1, 0.15) is 18.2 Å². The number of ether oxygens (including phenoxy) is 1. The molecule has 0 saturated carbocycles. The van der Waals surface area contributed by atoms with Gasteiger partial charge in [-0.05, 0) is 114 Å². The second-order valence-electron chi connectivity index (χ2n) is 11.4. The molecule has 46 heavy (non-hydrogen) atoms. The Morgan fingerprint density at radius 3 is 2.48 bits per heavy atom. The van der Waals surface area contributed by atoms with Gasteiger partial charge in [0.25, 0.3) is 5.56 Å². The zero-order valence-corrected chi connectivity index (χ0v) is 28.3. The van der Waals surface area contributed by atoms with Crippen molar-refractivity contribution >= 4 is 65.7 Å². The molecule has 1 aliphatic heterocycles. The number of benzene rings is 5. The maximum atomic E-state index is 14.1. The minimum Gasteiger partial charge on any atom is -0.487 e. The van der Waals surface area contributed by atoms with E-state index in [1.165, 1.54) is 34.4 Å². The van der Waals surface area contributed by atoms with Gasteiger partial charge < -0.3 is 4.74 Å². The van der Waals surface area contributed by atoms with Crippen LogP contribution in [-0.4, -0.2) is 4.57 Å². The van der Waals surface area contributed by atoms with Gasteiger partial charge in [-0.3, -0.25) is 9.36 Å². The fraction of sp³-hybridized carbons (Fsp3) is 0.105. The first kappa shape index (κ1) is 29.3. The van der Waals surface area contributed by atoms with Crippen molar-refractivity contribution in [2.45, 2.75) is 25.5 Å². The van der Waals surface area contributed by atoms with Crippen LogP contribution in [0.3, 0.4) is 0 Å². The lowest BCUT2D eigenvalue weighted by Gasteiger charge is -2.30. The molecule has 0 radical (unpaired) electrons. The van der Waals surface area contributed by atoms with Crippen molar-refractivity contribution in [2.75, 3.05) is 0 Å². The Labute approximate surface area is 285 Å². The lowest BCUT2D eigenvalue weighted by Crippen LogP contribution is -2.38. The number of thiazole rings is 1. The van der Waals surface area contributed by atoms with Gasteiger partial charge in [-0.25, -0.2) is 9.38 Å². The highest BCUT2D eigenvalue weighted by atomic mass is 79.9. The molecular weight excluding hydrogens is 727 g/mol. The molecule has 1 aliphatic carbocycles. The summed E-state index contributed by atoms with van der Waals surface area (Å²) < 4.78 is 24.2. The van der Waals surface area contributed by atoms with Gasteiger partial charge in [0.2, 0.25) is 0 Å². The van der Waals surface area contributed by atoms with Crippen molar-refractivity contribution in [1.82, 2.24) is 4.57 Å². The number of allylic oxidation sites excluding steroid dienone is 1. The molecule has 0 amide bonds. The number of hydrogen-bond acceptors (Lipinski definition) is 4. The predicted octanol–water partition coefficient (Wildman–Crippen LogP) is 8.72. The summed E-state index contributed by atoms with van der Waals surface area (Å²) in [5.74, 6) is 0.384. The smallest absolute Gasteiger partial charge is 0.271 e. The van der Waals surface area contributed by atoms with Gasteiger partial charge in [-0.2, -0.15) is 0 Å². The third kappa shape index (κ3) is 5.18. The summed E-state index contributed by atoms with van der Waals surface area (Å²) in [6.45, 7) is 0.410. The Morgan fingerprint density at radius 1 is 0.913 bits per heavy atom. The number of nitrogens with zero attached hydrogens (tertiary/aromatic N) is 2. The van der Waals surface area contributed by atoms with Crippen LogP contribution in [0.15, 0.2) is 127 Å². The van der Waals surface area contributed by atoms with Gasteiger partial charge in [0.15, 0.2) is 4.80 Å². The highest BCUT2D eigenvalue weighted by Gasteiger charge is 2.32. The van der Waals surface area contributed by atoms with E-state index in [-0.39, 0.29) is 17.4 Å². The molecule has 6 aromatic rings. The summed E-state index contributed by atoms with van der Waals surface area (Å²) in [5, 5.41) is 2.33. The van der Waals surface area contributed by atoms with Crippen molar-refractivity contribution in [3.8, 4) is 5.75 Å². The topological polar surface area (TPSA) is 43.6 Å². The molecule has 2 heterocycles. The molecule has 0 spiro atoms. The molecule has 0 bridgehead atoms. The van der Waals surface area contributed by atoms with E-state index in [4.69, 9.17) is 9.73 Å². The molecule has 4 nitrogen and oxygen atoms in total. The molecule has 1 aromatic heterocycles. The SMILES string of the molecule is O=c1/c(=C\c2cc(Br)c(OCc3cccc4ccccc34)c(Br)c2)sc2n1C(c1ccc(F)cc1)C1=C(N=2)c2ccccc2CC1. The molecule has 0 fully saturated rings. The van der Waals surface area contributed by atoms with Crippen LogP contribution in [0.4, 0.5) is 4.39 Å². The van der Waals surface area contributed by atoms with E-state index >= 15 is 0 Å². The van der Waals surface area contributed by atoms with E-state index < -0.39 is 0 Å². The molecule has 1 unspecified atom stereocenters. The molecule has 2 aliphatic rings. The van der Waals surface area contributed by atoms with E-state index in [0.29, 0.717) is 21.7 Å². The number of fused-ring (bicyclic) bond motifs is 4. The van der Waals surface area contributed by atoms with E-state index in [2.05, 4.69) is 74.3 Å². The first-order chi connectivity index (χ1) is 22.4. The third-order valence-corrected chi connectivity index (χ3v) is 10.8. The summed E-state index contributed by atoms with van der Waals surface area (Å²) in [4.78, 5) is 19.8. The summed E-state index contributed by atoms with van der Waals surface area (Å²) in [5.41, 5.74) is 7.04. The van der Waals surface area contributed by atoms with Crippen LogP contribution in [0.5, 0.6) is 5.75 Å². The summed E-state index contributed by atoms with van der Waals surface area (Å²) in [6.07, 6.45) is 3.54. The van der Waals surface area contributed by atoms with E-state index in [9.17, 15) is 9.18 Å². The molecule has 0 saturated heterocycles. The first-order valence-electron chi connectivity index (χ1n) is 14.9. The number of hydrogen-bond donors (Lipinski definition) is 0. The average Bonchev–Trinajstić information content (AvgIpc) is 3.37. The molecule has 1 atom stereocenters. The van der Waals surface area contributed by atoms with Gasteiger partial charge in [0, 0.05) is 5.56 Å². The van der Waals surface area contributed by atoms with Crippen LogP contribution in [0.1, 0.15) is 40.3 Å². The largest absolute Gasteiger partial charge is 0.487 e. The summed E-state index contributed by atoms with van der Waals surface area (Å²) >= 11 is 8.78. The molecule has 8 rings (SSSR count). The highest BCUT2D eigenvalue weighted by Crippen LogP contribution is 2.41. The maximum Gasteiger partial charge on any atom is 0.271 e. The lowest BCUT2D eigenvalue weighted by molar-refractivity contribution is 0.303. The van der Waals surface area contributed by atoms with Crippen LogP contribution < -0.4 is 19.6 Å². The van der Waals surface area contributed by atoms with Crippen molar-refractivity contribution in [1.29, 1.82) is 0 Å². The van der Waals surface area contributed by atoms with Gasteiger partial charge in [-0.15, -0.1) is 0 Å². The molecule has 5 aromatic carbocycles. The fourth-order valence-corrected chi connectivity index (χ4v) is 8.94. The summed E-state index contributed by atoms with van der Waals surface area (Å²) in [6, 6.07) is 32.8. The normalized spacial score (nSPS) is 15.7. The number of aromatic nitrogens is 1. The molecule has 8 heteroatoms. The summed E-state index contributed by atoms with van der Waals surface area (Å²) in [7, 11) is 0. The van der Waals surface area contributed by atoms with Crippen LogP contribution in [-0.2, 0) is 13.0 Å². The monoisotopic (exact) mass is 750 g/mol. The average molecular weight is 753 g/mol. The van der Waals surface area contributed by atoms with Crippen LogP contribution >= 0.6 is 43.2 Å². The van der Waals surface area contributed by atoms with Gasteiger partial charge in [-0.1, -0.05) is 90.2 Å². The Hall–Kier alpha value is -4.11. The van der Waals surface area contributed by atoms with Gasteiger partial charge >= 0.3 is 0 Å². The quantitative estimate of drug-likeness (QED) is 0.177. The number of rotatable bonds is 5. The Kier molecular flexibility index (Phi) is 7.59. The van der Waals surface area contributed by atoms with Crippen molar-refractivity contribution < 1.29 is 9.13 Å². The molecular formula is C38H25Br2FN2O2S. The van der Waals surface area contributed by atoms with Crippen molar-refractivity contribution in [2.24, 2.45) is 4.99 Å². The van der Waals surface area contributed by atoms with E-state index in [1.807, 2.05) is 42.5 Å². The Morgan fingerprint density at radius 2 is 1.65 bits per heavy atom.